The normalized spacial score (nSPS) is 14.2. The van der Waals surface area contributed by atoms with Gasteiger partial charge in [-0.05, 0) is 122 Å². The molecule has 53 heavy (non-hydrogen) atoms. The molecule has 12 rings (SSSR count). The summed E-state index contributed by atoms with van der Waals surface area (Å²) in [6.45, 7) is 0. The minimum atomic E-state index is -0.523. The summed E-state index contributed by atoms with van der Waals surface area (Å²) < 4.78 is 19.3. The van der Waals surface area contributed by atoms with E-state index in [1.54, 1.807) is 0 Å². The van der Waals surface area contributed by atoms with Gasteiger partial charge in [0.05, 0.1) is 16.8 Å². The molecule has 4 aliphatic rings. The number of benzene rings is 8. The molecule has 0 aromatic heterocycles. The summed E-state index contributed by atoms with van der Waals surface area (Å²) in [6.07, 6.45) is 0. The summed E-state index contributed by atoms with van der Waals surface area (Å²) in [6, 6.07) is 62.4. The minimum Gasteiger partial charge on any atom is -0.453 e. The Bertz CT molecular complexity index is 2750. The van der Waals surface area contributed by atoms with Gasteiger partial charge in [-0.25, -0.2) is 0 Å². The Hall–Kier alpha value is -7.04. The van der Waals surface area contributed by atoms with Gasteiger partial charge in [-0.15, -0.1) is 0 Å². The van der Waals surface area contributed by atoms with Gasteiger partial charge in [-0.2, -0.15) is 0 Å². The van der Waals surface area contributed by atoms with E-state index in [9.17, 15) is 0 Å². The molecule has 4 heteroatoms. The van der Waals surface area contributed by atoms with Gasteiger partial charge >= 0.3 is 0 Å². The molecule has 2 heterocycles. The van der Waals surface area contributed by atoms with Crippen molar-refractivity contribution in [1.29, 1.82) is 0 Å². The second-order valence-electron chi connectivity index (χ2n) is 14.0. The smallest absolute Gasteiger partial charge is 0.170 e. The van der Waals surface area contributed by atoms with E-state index in [0.717, 1.165) is 62.7 Å². The Morgan fingerprint density at radius 1 is 0.321 bits per heavy atom. The molecule has 0 N–H and O–H groups in total. The maximum Gasteiger partial charge on any atom is 0.170 e. The van der Waals surface area contributed by atoms with Crippen LogP contribution in [0.2, 0.25) is 0 Å². The van der Waals surface area contributed by atoms with Crippen molar-refractivity contribution < 1.29 is 14.2 Å². The molecular formula is C49H29NO3. The fourth-order valence-corrected chi connectivity index (χ4v) is 9.12. The monoisotopic (exact) mass is 679 g/mol. The first-order chi connectivity index (χ1) is 26.3. The molecule has 2 aliphatic heterocycles. The van der Waals surface area contributed by atoms with Crippen LogP contribution in [-0.4, -0.2) is 0 Å². The quantitative estimate of drug-likeness (QED) is 0.182. The molecule has 8 aromatic rings. The van der Waals surface area contributed by atoms with E-state index in [2.05, 4.69) is 132 Å². The van der Waals surface area contributed by atoms with Gasteiger partial charge in [-0.1, -0.05) is 109 Å². The molecule has 2 aliphatic carbocycles. The molecule has 4 nitrogen and oxygen atoms in total. The van der Waals surface area contributed by atoms with Gasteiger partial charge in [0.25, 0.3) is 0 Å². The van der Waals surface area contributed by atoms with Gasteiger partial charge in [0.2, 0.25) is 0 Å². The Morgan fingerprint density at radius 3 is 1.43 bits per heavy atom. The molecule has 0 fully saturated rings. The predicted octanol–water partition coefficient (Wildman–Crippen LogP) is 13.2. The van der Waals surface area contributed by atoms with Crippen molar-refractivity contribution in [3.8, 4) is 67.9 Å². The van der Waals surface area contributed by atoms with Crippen molar-refractivity contribution in [2.75, 3.05) is 4.90 Å². The zero-order valence-corrected chi connectivity index (χ0v) is 28.4. The largest absolute Gasteiger partial charge is 0.453 e. The predicted molar refractivity (Wildman–Crippen MR) is 210 cm³/mol. The Morgan fingerprint density at radius 2 is 0.792 bits per heavy atom. The fourth-order valence-electron chi connectivity index (χ4n) is 9.12. The second-order valence-corrected chi connectivity index (χ2v) is 14.0. The van der Waals surface area contributed by atoms with Gasteiger partial charge in [0.15, 0.2) is 34.5 Å². The molecule has 0 radical (unpaired) electrons. The van der Waals surface area contributed by atoms with E-state index < -0.39 is 5.41 Å². The maximum atomic E-state index is 6.54. The van der Waals surface area contributed by atoms with E-state index in [0.29, 0.717) is 0 Å². The third-order valence-corrected chi connectivity index (χ3v) is 11.3. The van der Waals surface area contributed by atoms with Crippen molar-refractivity contribution >= 4 is 17.1 Å². The van der Waals surface area contributed by atoms with Crippen LogP contribution in [-0.2, 0) is 5.41 Å². The van der Waals surface area contributed by atoms with Gasteiger partial charge in [0, 0.05) is 5.69 Å². The zero-order valence-electron chi connectivity index (χ0n) is 28.4. The number of para-hydroxylation sites is 6. The van der Waals surface area contributed by atoms with Crippen molar-refractivity contribution in [2.24, 2.45) is 0 Å². The average Bonchev–Trinajstić information content (AvgIpc) is 3.67. The Kier molecular flexibility index (Phi) is 5.67. The minimum absolute atomic E-state index is 0.523. The fraction of sp³-hybridized carbons (Fsp3) is 0.0204. The number of fused-ring (bicyclic) bond motifs is 14. The SMILES string of the molecule is c1ccc2c(c1)Oc1cc3c(cc1O2)C1(c2ccccc2-c2ccccc21)c1cc(-c2ccc(N4c5ccccc5Oc5ccccc54)cc2)ccc1-3. The summed E-state index contributed by atoms with van der Waals surface area (Å²) >= 11 is 0. The highest BCUT2D eigenvalue weighted by molar-refractivity contribution is 5.97. The number of nitrogens with zero attached hydrogens (tertiary/aromatic N) is 1. The second kappa shape index (κ2) is 10.5. The Balaban J connectivity index is 1.04. The van der Waals surface area contributed by atoms with E-state index in [4.69, 9.17) is 14.2 Å². The first-order valence-corrected chi connectivity index (χ1v) is 18.0. The first kappa shape index (κ1) is 28.6. The third-order valence-electron chi connectivity index (χ3n) is 11.3. The van der Waals surface area contributed by atoms with Crippen LogP contribution in [0.3, 0.4) is 0 Å². The van der Waals surface area contributed by atoms with E-state index in [1.165, 1.54) is 44.5 Å². The maximum absolute atomic E-state index is 6.54. The zero-order chi connectivity index (χ0) is 34.7. The molecule has 0 atom stereocenters. The van der Waals surface area contributed by atoms with Crippen LogP contribution in [0.4, 0.5) is 17.1 Å². The molecule has 0 unspecified atom stereocenters. The molecule has 0 saturated heterocycles. The number of anilines is 3. The van der Waals surface area contributed by atoms with Crippen LogP contribution in [0.15, 0.2) is 176 Å². The van der Waals surface area contributed by atoms with Crippen molar-refractivity contribution in [2.45, 2.75) is 5.41 Å². The highest BCUT2D eigenvalue weighted by Gasteiger charge is 2.52. The molecule has 0 amide bonds. The number of rotatable bonds is 2. The molecule has 1 spiro atoms. The number of ether oxygens (including phenoxy) is 3. The van der Waals surface area contributed by atoms with Gasteiger partial charge in [0.1, 0.15) is 0 Å². The van der Waals surface area contributed by atoms with Crippen LogP contribution in [0.5, 0.6) is 34.5 Å². The third kappa shape index (κ3) is 3.84. The van der Waals surface area contributed by atoms with E-state index in [1.807, 2.05) is 48.5 Å². The summed E-state index contributed by atoms with van der Waals surface area (Å²) in [5.41, 5.74) is 14.9. The van der Waals surface area contributed by atoms with Gasteiger partial charge < -0.3 is 19.1 Å². The molecule has 8 aromatic carbocycles. The molecule has 0 saturated carbocycles. The number of hydrogen-bond donors (Lipinski definition) is 0. The van der Waals surface area contributed by atoms with Crippen molar-refractivity contribution in [3.63, 3.8) is 0 Å². The van der Waals surface area contributed by atoms with Crippen LogP contribution in [0.25, 0.3) is 33.4 Å². The van der Waals surface area contributed by atoms with Crippen LogP contribution < -0.4 is 19.1 Å². The van der Waals surface area contributed by atoms with Gasteiger partial charge in [-0.3, -0.25) is 0 Å². The summed E-state index contributed by atoms with van der Waals surface area (Å²) in [5, 5.41) is 0. The lowest BCUT2D eigenvalue weighted by Crippen LogP contribution is -2.26. The van der Waals surface area contributed by atoms with E-state index in [-0.39, 0.29) is 0 Å². The topological polar surface area (TPSA) is 30.9 Å². The first-order valence-electron chi connectivity index (χ1n) is 18.0. The van der Waals surface area contributed by atoms with E-state index >= 15 is 0 Å². The lowest BCUT2D eigenvalue weighted by atomic mass is 9.70. The van der Waals surface area contributed by atoms with Crippen LogP contribution in [0.1, 0.15) is 22.3 Å². The molecule has 248 valence electrons. The van der Waals surface area contributed by atoms with Crippen molar-refractivity contribution in [1.82, 2.24) is 0 Å². The van der Waals surface area contributed by atoms with Crippen molar-refractivity contribution in [3.05, 3.63) is 198 Å². The summed E-state index contributed by atoms with van der Waals surface area (Å²) in [4.78, 5) is 2.28. The lowest BCUT2D eigenvalue weighted by Gasteiger charge is -2.33. The standard InChI is InChI=1S/C49H29NO3/c1-3-13-37-33(11-1)34-12-2-4-14-38(34)49(37)39-27-31(23-26-35(39)36-28-47-48(29-40(36)49)53-46-20-10-9-19-45(46)52-47)30-21-24-32(25-22-30)50-41-15-5-7-17-43(41)51-44-18-8-6-16-42(44)50/h1-29H. The average molecular weight is 680 g/mol. The van der Waals surface area contributed by atoms with Crippen LogP contribution >= 0.6 is 0 Å². The highest BCUT2D eigenvalue weighted by Crippen LogP contribution is 2.65. The highest BCUT2D eigenvalue weighted by atomic mass is 16.6. The Labute approximate surface area is 306 Å². The summed E-state index contributed by atoms with van der Waals surface area (Å²) in [7, 11) is 0. The molecule has 0 bridgehead atoms. The lowest BCUT2D eigenvalue weighted by molar-refractivity contribution is 0.359. The summed E-state index contributed by atoms with van der Waals surface area (Å²) in [5.74, 6) is 4.61. The number of hydrogen-bond acceptors (Lipinski definition) is 4. The molecular weight excluding hydrogens is 651 g/mol. The van der Waals surface area contributed by atoms with Crippen LogP contribution in [0, 0.1) is 0 Å².